The smallest absolute Gasteiger partial charge is 0.305 e. The SMILES string of the molecule is CC(NCc1ccc([N+](=O)[O-])s1)c1ccncc1. The first-order valence-electron chi connectivity index (χ1n) is 5.53. The largest absolute Gasteiger partial charge is 0.324 e. The molecular formula is C12H13N3O2S. The lowest BCUT2D eigenvalue weighted by Gasteiger charge is -2.12. The monoisotopic (exact) mass is 263 g/mol. The summed E-state index contributed by atoms with van der Waals surface area (Å²) in [5, 5.41) is 14.1. The van der Waals surface area contributed by atoms with Gasteiger partial charge in [0.15, 0.2) is 0 Å². The standard InChI is InChI=1S/C12H13N3O2S/c1-9(10-4-6-13-7-5-10)14-8-11-2-3-12(18-11)15(16)17/h2-7,9,14H,8H2,1H3. The molecule has 2 aromatic rings. The highest BCUT2D eigenvalue weighted by Crippen LogP contribution is 2.24. The summed E-state index contributed by atoms with van der Waals surface area (Å²) in [5.41, 5.74) is 1.15. The Hall–Kier alpha value is -1.79. The summed E-state index contributed by atoms with van der Waals surface area (Å²) in [4.78, 5) is 15.1. The zero-order valence-corrected chi connectivity index (χ0v) is 10.7. The van der Waals surface area contributed by atoms with Gasteiger partial charge in [-0.2, -0.15) is 0 Å². The molecule has 0 saturated carbocycles. The number of hydrogen-bond donors (Lipinski definition) is 1. The van der Waals surface area contributed by atoms with E-state index in [2.05, 4.69) is 17.2 Å². The fraction of sp³-hybridized carbons (Fsp3) is 0.250. The third-order valence-electron chi connectivity index (χ3n) is 2.62. The van der Waals surface area contributed by atoms with Crippen molar-refractivity contribution in [3.8, 4) is 0 Å². The molecule has 0 aliphatic rings. The third kappa shape index (κ3) is 3.12. The number of hydrogen-bond acceptors (Lipinski definition) is 5. The molecule has 0 bridgehead atoms. The molecule has 1 atom stereocenters. The number of nitrogens with zero attached hydrogens (tertiary/aromatic N) is 2. The zero-order chi connectivity index (χ0) is 13.0. The van der Waals surface area contributed by atoms with E-state index in [9.17, 15) is 10.1 Å². The highest BCUT2D eigenvalue weighted by atomic mass is 32.1. The Bertz CT molecular complexity index is 527. The normalized spacial score (nSPS) is 12.3. The Labute approximate surface area is 109 Å². The predicted molar refractivity (Wildman–Crippen MR) is 70.5 cm³/mol. The average molecular weight is 263 g/mol. The van der Waals surface area contributed by atoms with Gasteiger partial charge in [-0.05, 0) is 30.7 Å². The van der Waals surface area contributed by atoms with Crippen LogP contribution in [0.15, 0.2) is 36.7 Å². The molecular weight excluding hydrogens is 250 g/mol. The van der Waals surface area contributed by atoms with Crippen molar-refractivity contribution in [3.63, 3.8) is 0 Å². The van der Waals surface area contributed by atoms with E-state index in [1.165, 1.54) is 11.3 Å². The van der Waals surface area contributed by atoms with Crippen LogP contribution in [0.3, 0.4) is 0 Å². The van der Waals surface area contributed by atoms with Gasteiger partial charge in [0.2, 0.25) is 0 Å². The second-order valence-corrected chi connectivity index (χ2v) is 5.03. The molecule has 5 nitrogen and oxygen atoms in total. The third-order valence-corrected chi connectivity index (χ3v) is 3.65. The van der Waals surface area contributed by atoms with Crippen LogP contribution < -0.4 is 5.32 Å². The van der Waals surface area contributed by atoms with Gasteiger partial charge in [-0.15, -0.1) is 0 Å². The second kappa shape index (κ2) is 5.70. The summed E-state index contributed by atoms with van der Waals surface area (Å²) < 4.78 is 0. The van der Waals surface area contributed by atoms with Gasteiger partial charge in [-0.1, -0.05) is 11.3 Å². The lowest BCUT2D eigenvalue weighted by Crippen LogP contribution is -2.17. The molecule has 0 spiro atoms. The molecule has 0 aliphatic heterocycles. The first kappa shape index (κ1) is 12.7. The number of rotatable bonds is 5. The Morgan fingerprint density at radius 1 is 1.39 bits per heavy atom. The maximum atomic E-state index is 10.6. The quantitative estimate of drug-likeness (QED) is 0.665. The van der Waals surface area contributed by atoms with Crippen molar-refractivity contribution in [2.75, 3.05) is 0 Å². The molecule has 1 N–H and O–H groups in total. The molecule has 0 fully saturated rings. The lowest BCUT2D eigenvalue weighted by atomic mass is 10.1. The Kier molecular flexibility index (Phi) is 4.01. The van der Waals surface area contributed by atoms with Crippen molar-refractivity contribution in [2.24, 2.45) is 0 Å². The van der Waals surface area contributed by atoms with Crippen LogP contribution in [0.2, 0.25) is 0 Å². The topological polar surface area (TPSA) is 68.1 Å². The maximum Gasteiger partial charge on any atom is 0.324 e. The summed E-state index contributed by atoms with van der Waals surface area (Å²) in [6.45, 7) is 2.68. The van der Waals surface area contributed by atoms with Gasteiger partial charge in [-0.25, -0.2) is 0 Å². The van der Waals surface area contributed by atoms with E-state index in [-0.39, 0.29) is 16.0 Å². The minimum Gasteiger partial charge on any atom is -0.305 e. The summed E-state index contributed by atoms with van der Waals surface area (Å²) in [7, 11) is 0. The van der Waals surface area contributed by atoms with Crippen LogP contribution in [-0.2, 0) is 6.54 Å². The summed E-state index contributed by atoms with van der Waals surface area (Å²) in [6, 6.07) is 7.42. The summed E-state index contributed by atoms with van der Waals surface area (Å²) in [6.07, 6.45) is 3.51. The van der Waals surface area contributed by atoms with Crippen LogP contribution >= 0.6 is 11.3 Å². The van der Waals surface area contributed by atoms with Gasteiger partial charge >= 0.3 is 5.00 Å². The van der Waals surface area contributed by atoms with Gasteiger partial charge in [-0.3, -0.25) is 15.1 Å². The van der Waals surface area contributed by atoms with Crippen LogP contribution in [0.4, 0.5) is 5.00 Å². The predicted octanol–water partition coefficient (Wildman–Crippen LogP) is 2.90. The molecule has 0 aromatic carbocycles. The molecule has 0 amide bonds. The van der Waals surface area contributed by atoms with E-state index >= 15 is 0 Å². The minimum atomic E-state index is -0.361. The molecule has 6 heteroatoms. The van der Waals surface area contributed by atoms with Gasteiger partial charge in [0.05, 0.1) is 4.92 Å². The fourth-order valence-electron chi connectivity index (χ4n) is 1.58. The molecule has 0 radical (unpaired) electrons. The minimum absolute atomic E-state index is 0.184. The van der Waals surface area contributed by atoms with E-state index in [0.29, 0.717) is 6.54 Å². The first-order chi connectivity index (χ1) is 8.66. The highest BCUT2D eigenvalue weighted by Gasteiger charge is 2.10. The van der Waals surface area contributed by atoms with Crippen LogP contribution in [-0.4, -0.2) is 9.91 Å². The van der Waals surface area contributed by atoms with Crippen LogP contribution in [0, 0.1) is 10.1 Å². The average Bonchev–Trinajstić information content (AvgIpc) is 2.86. The van der Waals surface area contributed by atoms with Crippen molar-refractivity contribution in [3.05, 3.63) is 57.2 Å². The van der Waals surface area contributed by atoms with Crippen LogP contribution in [0.25, 0.3) is 0 Å². The number of aromatic nitrogens is 1. The fourth-order valence-corrected chi connectivity index (χ4v) is 2.35. The molecule has 1 unspecified atom stereocenters. The van der Waals surface area contributed by atoms with Crippen molar-refractivity contribution in [1.82, 2.24) is 10.3 Å². The molecule has 94 valence electrons. The summed E-state index contributed by atoms with van der Waals surface area (Å²) >= 11 is 1.20. The van der Waals surface area contributed by atoms with Crippen LogP contribution in [0.5, 0.6) is 0 Å². The Balaban J connectivity index is 1.93. The number of nitro groups is 1. The lowest BCUT2D eigenvalue weighted by molar-refractivity contribution is -0.380. The maximum absolute atomic E-state index is 10.6. The number of thiophene rings is 1. The van der Waals surface area contributed by atoms with E-state index < -0.39 is 0 Å². The van der Waals surface area contributed by atoms with E-state index in [4.69, 9.17) is 0 Å². The Morgan fingerprint density at radius 2 is 2.11 bits per heavy atom. The van der Waals surface area contributed by atoms with Crippen LogP contribution in [0.1, 0.15) is 23.4 Å². The van der Waals surface area contributed by atoms with E-state index in [0.717, 1.165) is 10.4 Å². The molecule has 2 aromatic heterocycles. The second-order valence-electron chi connectivity index (χ2n) is 3.88. The molecule has 18 heavy (non-hydrogen) atoms. The van der Waals surface area contributed by atoms with Gasteiger partial charge in [0.1, 0.15) is 0 Å². The van der Waals surface area contributed by atoms with E-state index in [1.54, 1.807) is 24.5 Å². The zero-order valence-electron chi connectivity index (χ0n) is 9.87. The van der Waals surface area contributed by atoms with Crippen molar-refractivity contribution in [1.29, 1.82) is 0 Å². The Morgan fingerprint density at radius 3 is 2.72 bits per heavy atom. The number of pyridine rings is 1. The molecule has 0 saturated heterocycles. The van der Waals surface area contributed by atoms with Crippen molar-refractivity contribution in [2.45, 2.75) is 19.5 Å². The molecule has 0 aliphatic carbocycles. The number of nitrogens with one attached hydrogen (secondary N) is 1. The van der Waals surface area contributed by atoms with Crippen molar-refractivity contribution >= 4 is 16.3 Å². The summed E-state index contributed by atoms with van der Waals surface area (Å²) in [5.74, 6) is 0. The highest BCUT2D eigenvalue weighted by molar-refractivity contribution is 7.15. The van der Waals surface area contributed by atoms with Gasteiger partial charge in [0.25, 0.3) is 0 Å². The van der Waals surface area contributed by atoms with E-state index in [1.807, 2.05) is 12.1 Å². The van der Waals surface area contributed by atoms with Crippen molar-refractivity contribution < 1.29 is 4.92 Å². The molecule has 2 heterocycles. The van der Waals surface area contributed by atoms with Gasteiger partial charge in [0, 0.05) is 35.9 Å². The van der Waals surface area contributed by atoms with Gasteiger partial charge < -0.3 is 5.32 Å². The molecule has 2 rings (SSSR count). The first-order valence-corrected chi connectivity index (χ1v) is 6.35.